The minimum absolute atomic E-state index is 0.0691. The summed E-state index contributed by atoms with van der Waals surface area (Å²) in [4.78, 5) is 26.7. The van der Waals surface area contributed by atoms with Crippen LogP contribution in [0.3, 0.4) is 0 Å². The maximum Gasteiger partial charge on any atom is 0.328 e. The van der Waals surface area contributed by atoms with E-state index in [1.165, 1.54) is 12.8 Å². The fourth-order valence-electron chi connectivity index (χ4n) is 3.65. The van der Waals surface area contributed by atoms with Crippen LogP contribution in [0.5, 0.6) is 0 Å². The molecule has 1 N–H and O–H groups in total. The molecule has 1 aromatic carbocycles. The molecular formula is C18H24N8O2. The summed E-state index contributed by atoms with van der Waals surface area (Å²) in [5.74, 6) is 0.551. The van der Waals surface area contributed by atoms with Gasteiger partial charge in [-0.25, -0.2) is 9.48 Å². The topological polar surface area (TPSA) is 103 Å². The zero-order valence-corrected chi connectivity index (χ0v) is 16.1. The van der Waals surface area contributed by atoms with E-state index in [1.54, 1.807) is 27.9 Å². The van der Waals surface area contributed by atoms with Crippen LogP contribution >= 0.6 is 0 Å². The number of likely N-dealkylation sites (tertiary alicyclic amines) is 1. The molecule has 0 bridgehead atoms. The number of imidazole rings is 1. The molecule has 0 spiro atoms. The van der Waals surface area contributed by atoms with Crippen molar-refractivity contribution in [3.05, 3.63) is 40.1 Å². The van der Waals surface area contributed by atoms with Gasteiger partial charge in [-0.05, 0) is 54.1 Å². The van der Waals surface area contributed by atoms with Crippen molar-refractivity contribution < 1.29 is 4.79 Å². The summed E-state index contributed by atoms with van der Waals surface area (Å²) in [7, 11) is 3.49. The highest BCUT2D eigenvalue weighted by molar-refractivity contribution is 5.78. The molecule has 1 amide bonds. The third-order valence-electron chi connectivity index (χ3n) is 5.29. The van der Waals surface area contributed by atoms with Crippen molar-refractivity contribution in [3.8, 4) is 0 Å². The van der Waals surface area contributed by atoms with Gasteiger partial charge in [0.25, 0.3) is 0 Å². The summed E-state index contributed by atoms with van der Waals surface area (Å²) in [6.45, 7) is 3.22. The van der Waals surface area contributed by atoms with Gasteiger partial charge in [0, 0.05) is 20.6 Å². The number of benzene rings is 1. The first-order valence-electron chi connectivity index (χ1n) is 9.41. The number of aromatic nitrogens is 6. The van der Waals surface area contributed by atoms with Crippen molar-refractivity contribution >= 4 is 16.9 Å². The van der Waals surface area contributed by atoms with Crippen molar-refractivity contribution in [2.75, 3.05) is 13.1 Å². The lowest BCUT2D eigenvalue weighted by Gasteiger charge is -2.13. The number of fused-ring (bicyclic) bond motifs is 1. The molecule has 0 saturated carbocycles. The Morgan fingerprint density at radius 1 is 1.14 bits per heavy atom. The Hall–Kier alpha value is -3.01. The van der Waals surface area contributed by atoms with E-state index in [4.69, 9.17) is 0 Å². The normalized spacial score (nSPS) is 14.8. The number of carbonyl (C=O) groups excluding carboxylic acids is 1. The van der Waals surface area contributed by atoms with Gasteiger partial charge in [0.2, 0.25) is 5.91 Å². The maximum absolute atomic E-state index is 12.4. The Morgan fingerprint density at radius 3 is 2.68 bits per heavy atom. The van der Waals surface area contributed by atoms with E-state index in [1.807, 2.05) is 18.2 Å². The molecule has 0 unspecified atom stereocenters. The molecule has 1 fully saturated rings. The lowest BCUT2D eigenvalue weighted by molar-refractivity contribution is -0.122. The van der Waals surface area contributed by atoms with Crippen LogP contribution in [0.4, 0.5) is 0 Å². The van der Waals surface area contributed by atoms with Crippen LogP contribution in [0.15, 0.2) is 23.0 Å². The van der Waals surface area contributed by atoms with Crippen LogP contribution in [0, 0.1) is 0 Å². The minimum Gasteiger partial charge on any atom is -0.350 e. The van der Waals surface area contributed by atoms with Crippen LogP contribution in [0.25, 0.3) is 11.0 Å². The summed E-state index contributed by atoms with van der Waals surface area (Å²) in [5, 5.41) is 14.6. The number of aryl methyl sites for hydroxylation is 2. The second kappa shape index (κ2) is 7.55. The van der Waals surface area contributed by atoms with Gasteiger partial charge < -0.3 is 5.32 Å². The molecule has 0 radical (unpaired) electrons. The van der Waals surface area contributed by atoms with Gasteiger partial charge in [-0.1, -0.05) is 6.07 Å². The van der Waals surface area contributed by atoms with Crippen LogP contribution in [-0.4, -0.2) is 53.2 Å². The highest BCUT2D eigenvalue weighted by Gasteiger charge is 2.17. The number of rotatable bonds is 6. The van der Waals surface area contributed by atoms with Crippen LogP contribution < -0.4 is 11.0 Å². The fourth-order valence-corrected chi connectivity index (χ4v) is 3.65. The number of tetrazole rings is 1. The largest absolute Gasteiger partial charge is 0.350 e. The number of nitrogens with one attached hydrogen (secondary N) is 1. The van der Waals surface area contributed by atoms with Gasteiger partial charge >= 0.3 is 5.69 Å². The molecule has 2 aromatic heterocycles. The quantitative estimate of drug-likeness (QED) is 0.630. The first-order valence-corrected chi connectivity index (χ1v) is 9.41. The second-order valence-electron chi connectivity index (χ2n) is 7.24. The summed E-state index contributed by atoms with van der Waals surface area (Å²) in [6, 6.07) is 5.73. The zero-order chi connectivity index (χ0) is 19.7. The Labute approximate surface area is 161 Å². The number of nitrogens with zero attached hydrogens (tertiary/aromatic N) is 7. The standard InChI is InChI=1S/C18H24N8O2/c1-23-14-6-5-13(9-15(14)24(2)18(23)28)10-19-17(27)12-26-16(20-21-22-26)11-25-7-3-4-8-25/h5-6,9H,3-4,7-8,10-12H2,1-2H3,(H,19,27). The molecule has 4 rings (SSSR count). The summed E-state index contributed by atoms with van der Waals surface area (Å²) in [6.07, 6.45) is 2.39. The van der Waals surface area contributed by atoms with E-state index in [-0.39, 0.29) is 18.1 Å². The molecule has 3 aromatic rings. The molecule has 0 atom stereocenters. The monoisotopic (exact) mass is 384 g/mol. The lowest BCUT2D eigenvalue weighted by atomic mass is 10.2. The molecule has 1 saturated heterocycles. The van der Waals surface area contributed by atoms with Gasteiger partial charge in [-0.3, -0.25) is 18.8 Å². The average Bonchev–Trinajstić information content (AvgIpc) is 3.41. The minimum atomic E-state index is -0.156. The molecule has 148 valence electrons. The highest BCUT2D eigenvalue weighted by atomic mass is 16.2. The molecule has 28 heavy (non-hydrogen) atoms. The second-order valence-corrected chi connectivity index (χ2v) is 7.24. The van der Waals surface area contributed by atoms with Gasteiger partial charge in [-0.2, -0.15) is 0 Å². The predicted octanol–water partition coefficient (Wildman–Crippen LogP) is -0.224. The Balaban J connectivity index is 1.38. The molecule has 3 heterocycles. The van der Waals surface area contributed by atoms with Crippen LogP contribution in [-0.2, 0) is 38.5 Å². The third kappa shape index (κ3) is 3.55. The third-order valence-corrected chi connectivity index (χ3v) is 5.29. The molecule has 1 aliphatic heterocycles. The highest BCUT2D eigenvalue weighted by Crippen LogP contribution is 2.14. The first-order chi connectivity index (χ1) is 13.5. The number of hydrogen-bond donors (Lipinski definition) is 1. The van der Waals surface area contributed by atoms with E-state index in [2.05, 4.69) is 25.7 Å². The van der Waals surface area contributed by atoms with Gasteiger partial charge in [0.15, 0.2) is 5.82 Å². The fraction of sp³-hybridized carbons (Fsp3) is 0.500. The average molecular weight is 384 g/mol. The van der Waals surface area contributed by atoms with E-state index in [0.29, 0.717) is 18.9 Å². The van der Waals surface area contributed by atoms with E-state index < -0.39 is 0 Å². The van der Waals surface area contributed by atoms with E-state index in [0.717, 1.165) is 29.7 Å². The van der Waals surface area contributed by atoms with Crippen LogP contribution in [0.2, 0.25) is 0 Å². The Kier molecular flexibility index (Phi) is 4.95. The van der Waals surface area contributed by atoms with Crippen molar-refractivity contribution in [3.63, 3.8) is 0 Å². The van der Waals surface area contributed by atoms with Gasteiger partial charge in [-0.15, -0.1) is 5.10 Å². The summed E-state index contributed by atoms with van der Waals surface area (Å²) < 4.78 is 4.77. The lowest BCUT2D eigenvalue weighted by Crippen LogP contribution is -2.29. The first kappa shape index (κ1) is 18.4. The van der Waals surface area contributed by atoms with Crippen molar-refractivity contribution in [2.45, 2.75) is 32.5 Å². The molecule has 1 aliphatic rings. The van der Waals surface area contributed by atoms with Gasteiger partial charge in [0.05, 0.1) is 17.6 Å². The van der Waals surface area contributed by atoms with Crippen molar-refractivity contribution in [1.29, 1.82) is 0 Å². The SMILES string of the molecule is Cn1c(=O)n(C)c2cc(CNC(=O)Cn3nnnc3CN3CCCC3)ccc21. The van der Waals surface area contributed by atoms with E-state index >= 15 is 0 Å². The Bertz CT molecular complexity index is 1060. The summed E-state index contributed by atoms with van der Waals surface area (Å²) >= 11 is 0. The number of hydrogen-bond acceptors (Lipinski definition) is 6. The number of amides is 1. The summed E-state index contributed by atoms with van der Waals surface area (Å²) in [5.41, 5.74) is 2.56. The predicted molar refractivity (Wildman–Crippen MR) is 102 cm³/mol. The smallest absolute Gasteiger partial charge is 0.328 e. The van der Waals surface area contributed by atoms with Crippen LogP contribution in [0.1, 0.15) is 24.2 Å². The zero-order valence-electron chi connectivity index (χ0n) is 16.1. The van der Waals surface area contributed by atoms with Crippen molar-refractivity contribution in [2.24, 2.45) is 14.1 Å². The molecular weight excluding hydrogens is 360 g/mol. The maximum atomic E-state index is 12.4. The molecule has 10 heteroatoms. The molecule has 0 aliphatic carbocycles. The Morgan fingerprint density at radius 2 is 1.89 bits per heavy atom. The molecule has 10 nitrogen and oxygen atoms in total. The number of carbonyl (C=O) groups is 1. The van der Waals surface area contributed by atoms with Crippen molar-refractivity contribution in [1.82, 2.24) is 39.6 Å². The van der Waals surface area contributed by atoms with Gasteiger partial charge in [0.1, 0.15) is 6.54 Å². The van der Waals surface area contributed by atoms with E-state index in [9.17, 15) is 9.59 Å².